The fourth-order valence-electron chi connectivity index (χ4n) is 1.46. The van der Waals surface area contributed by atoms with E-state index >= 15 is 0 Å². The van der Waals surface area contributed by atoms with E-state index in [4.69, 9.17) is 11.6 Å². The van der Waals surface area contributed by atoms with Crippen molar-refractivity contribution in [1.82, 2.24) is 4.98 Å². The molecule has 1 aromatic carbocycles. The van der Waals surface area contributed by atoms with Gasteiger partial charge < -0.3 is 5.32 Å². The predicted octanol–water partition coefficient (Wildman–Crippen LogP) is 3.43. The van der Waals surface area contributed by atoms with Crippen LogP contribution in [0.15, 0.2) is 36.5 Å². The van der Waals surface area contributed by atoms with Crippen LogP contribution in [-0.2, 0) is 0 Å². The van der Waals surface area contributed by atoms with E-state index < -0.39 is 11.7 Å². The number of hydrogen-bond acceptors (Lipinski definition) is 2. The average Bonchev–Trinajstić information content (AvgIpc) is 2.35. The van der Waals surface area contributed by atoms with Gasteiger partial charge in [0.25, 0.3) is 5.91 Å². The number of carbonyl (C=O) groups excluding carboxylic acids is 1. The number of rotatable bonds is 2. The van der Waals surface area contributed by atoms with E-state index in [2.05, 4.69) is 10.3 Å². The highest BCUT2D eigenvalue weighted by atomic mass is 35.5. The maximum Gasteiger partial charge on any atom is 0.259 e. The van der Waals surface area contributed by atoms with Gasteiger partial charge in [-0.1, -0.05) is 17.7 Å². The van der Waals surface area contributed by atoms with Crippen molar-refractivity contribution in [2.24, 2.45) is 0 Å². The average molecular weight is 265 g/mol. The first-order valence-corrected chi connectivity index (χ1v) is 5.64. The largest absolute Gasteiger partial charge is 0.306 e. The van der Waals surface area contributed by atoms with Crippen LogP contribution in [0.3, 0.4) is 0 Å². The molecular formula is C13H10ClFN2O. The molecule has 0 atom stereocenters. The summed E-state index contributed by atoms with van der Waals surface area (Å²) < 4.78 is 13.5. The van der Waals surface area contributed by atoms with Crippen LogP contribution in [0.1, 0.15) is 15.9 Å². The van der Waals surface area contributed by atoms with Gasteiger partial charge in [0.2, 0.25) is 0 Å². The molecule has 0 bridgehead atoms. The lowest BCUT2D eigenvalue weighted by Crippen LogP contribution is -2.15. The van der Waals surface area contributed by atoms with Crippen LogP contribution in [0.2, 0.25) is 5.02 Å². The molecule has 5 heteroatoms. The van der Waals surface area contributed by atoms with E-state index in [9.17, 15) is 9.18 Å². The molecule has 18 heavy (non-hydrogen) atoms. The maximum atomic E-state index is 13.5. The highest BCUT2D eigenvalue weighted by Gasteiger charge is 2.13. The highest BCUT2D eigenvalue weighted by Crippen LogP contribution is 2.17. The molecule has 0 unspecified atom stereocenters. The summed E-state index contributed by atoms with van der Waals surface area (Å²) in [4.78, 5) is 15.9. The van der Waals surface area contributed by atoms with Crippen LogP contribution in [-0.4, -0.2) is 10.9 Å². The molecule has 1 amide bonds. The minimum Gasteiger partial charge on any atom is -0.306 e. The Morgan fingerprint density at radius 3 is 2.89 bits per heavy atom. The number of nitrogens with one attached hydrogen (secondary N) is 1. The minimum absolute atomic E-state index is 0.104. The fraction of sp³-hybridized carbons (Fsp3) is 0.0769. The molecule has 1 aromatic heterocycles. The van der Waals surface area contributed by atoms with Gasteiger partial charge in [0.15, 0.2) is 0 Å². The zero-order chi connectivity index (χ0) is 13.1. The SMILES string of the molecule is Cc1cccnc1NC(=O)c1cc(Cl)ccc1F. The zero-order valence-corrected chi connectivity index (χ0v) is 10.3. The summed E-state index contributed by atoms with van der Waals surface area (Å²) in [5.41, 5.74) is 0.695. The number of carbonyl (C=O) groups is 1. The first-order valence-electron chi connectivity index (χ1n) is 5.26. The first-order chi connectivity index (χ1) is 8.58. The van der Waals surface area contributed by atoms with Crippen molar-refractivity contribution in [3.05, 3.63) is 58.5 Å². The Kier molecular flexibility index (Phi) is 3.58. The third kappa shape index (κ3) is 2.65. The van der Waals surface area contributed by atoms with Crippen LogP contribution in [0.5, 0.6) is 0 Å². The van der Waals surface area contributed by atoms with Crippen molar-refractivity contribution in [2.75, 3.05) is 5.32 Å². The number of hydrogen-bond donors (Lipinski definition) is 1. The first kappa shape index (κ1) is 12.5. The molecular weight excluding hydrogens is 255 g/mol. The van der Waals surface area contributed by atoms with E-state index in [1.807, 2.05) is 0 Å². The van der Waals surface area contributed by atoms with Gasteiger partial charge in [-0.15, -0.1) is 0 Å². The Bertz CT molecular complexity index is 601. The second kappa shape index (κ2) is 5.14. The lowest BCUT2D eigenvalue weighted by Gasteiger charge is -2.07. The van der Waals surface area contributed by atoms with E-state index in [1.165, 1.54) is 12.1 Å². The molecule has 0 saturated carbocycles. The van der Waals surface area contributed by atoms with Crippen molar-refractivity contribution in [3.63, 3.8) is 0 Å². The molecule has 92 valence electrons. The Morgan fingerprint density at radius 2 is 2.17 bits per heavy atom. The van der Waals surface area contributed by atoms with Gasteiger partial charge in [-0.05, 0) is 36.8 Å². The van der Waals surface area contributed by atoms with Gasteiger partial charge in [0.1, 0.15) is 11.6 Å². The number of pyridine rings is 1. The van der Waals surface area contributed by atoms with Crippen molar-refractivity contribution in [2.45, 2.75) is 6.92 Å². The highest BCUT2D eigenvalue weighted by molar-refractivity contribution is 6.31. The molecule has 0 spiro atoms. The molecule has 0 fully saturated rings. The number of aromatic nitrogens is 1. The summed E-state index contributed by atoms with van der Waals surface area (Å²) in [5.74, 6) is -0.788. The van der Waals surface area contributed by atoms with Gasteiger partial charge in [-0.2, -0.15) is 0 Å². The van der Waals surface area contributed by atoms with Crippen LogP contribution < -0.4 is 5.32 Å². The molecule has 2 aromatic rings. The number of halogens is 2. The van der Waals surface area contributed by atoms with Crippen LogP contribution in [0.4, 0.5) is 10.2 Å². The number of nitrogens with zero attached hydrogens (tertiary/aromatic N) is 1. The third-order valence-electron chi connectivity index (χ3n) is 2.41. The lowest BCUT2D eigenvalue weighted by molar-refractivity contribution is 0.102. The molecule has 3 nitrogen and oxygen atoms in total. The zero-order valence-electron chi connectivity index (χ0n) is 9.58. The second-order valence-electron chi connectivity index (χ2n) is 3.75. The van der Waals surface area contributed by atoms with Gasteiger partial charge in [0.05, 0.1) is 5.56 Å². The number of aryl methyl sites for hydroxylation is 1. The molecule has 0 saturated heterocycles. The summed E-state index contributed by atoms with van der Waals surface area (Å²) in [6, 6.07) is 7.38. The standard InChI is InChI=1S/C13H10ClFN2O/c1-8-3-2-6-16-12(8)17-13(18)10-7-9(14)4-5-11(10)15/h2-7H,1H3,(H,16,17,18). The van der Waals surface area contributed by atoms with Gasteiger partial charge >= 0.3 is 0 Å². The van der Waals surface area contributed by atoms with Crippen molar-refractivity contribution >= 4 is 23.3 Å². The molecule has 2 rings (SSSR count). The Balaban J connectivity index is 2.28. The maximum absolute atomic E-state index is 13.5. The quantitative estimate of drug-likeness (QED) is 0.903. The Hall–Kier alpha value is -1.94. The smallest absolute Gasteiger partial charge is 0.259 e. The minimum atomic E-state index is -0.620. The van der Waals surface area contributed by atoms with Crippen LogP contribution >= 0.6 is 11.6 Å². The van der Waals surface area contributed by atoms with Crippen molar-refractivity contribution in [3.8, 4) is 0 Å². The Morgan fingerprint density at radius 1 is 1.39 bits per heavy atom. The topological polar surface area (TPSA) is 42.0 Å². The van der Waals surface area contributed by atoms with Crippen LogP contribution in [0, 0.1) is 12.7 Å². The van der Waals surface area contributed by atoms with E-state index in [0.717, 1.165) is 11.6 Å². The predicted molar refractivity (Wildman–Crippen MR) is 68.3 cm³/mol. The number of benzene rings is 1. The van der Waals surface area contributed by atoms with E-state index in [1.54, 1.807) is 25.3 Å². The summed E-state index contributed by atoms with van der Waals surface area (Å²) >= 11 is 5.73. The van der Waals surface area contributed by atoms with Crippen LogP contribution in [0.25, 0.3) is 0 Å². The molecule has 0 radical (unpaired) electrons. The monoisotopic (exact) mass is 264 g/mol. The van der Waals surface area contributed by atoms with Crippen molar-refractivity contribution in [1.29, 1.82) is 0 Å². The second-order valence-corrected chi connectivity index (χ2v) is 4.18. The fourth-order valence-corrected chi connectivity index (χ4v) is 1.64. The molecule has 1 heterocycles. The molecule has 0 aliphatic heterocycles. The molecule has 0 aliphatic carbocycles. The lowest BCUT2D eigenvalue weighted by atomic mass is 10.2. The third-order valence-corrected chi connectivity index (χ3v) is 2.65. The van der Waals surface area contributed by atoms with Gasteiger partial charge in [-0.25, -0.2) is 9.37 Å². The van der Waals surface area contributed by atoms with Crippen molar-refractivity contribution < 1.29 is 9.18 Å². The van der Waals surface area contributed by atoms with Gasteiger partial charge in [-0.3, -0.25) is 4.79 Å². The Labute approximate surface area is 109 Å². The normalized spacial score (nSPS) is 10.2. The molecule has 0 aliphatic rings. The van der Waals surface area contributed by atoms with Gasteiger partial charge in [0, 0.05) is 11.2 Å². The van der Waals surface area contributed by atoms with E-state index in [-0.39, 0.29) is 5.56 Å². The number of anilines is 1. The summed E-state index contributed by atoms with van der Waals surface area (Å²) in [7, 11) is 0. The summed E-state index contributed by atoms with van der Waals surface area (Å²) in [6.07, 6.45) is 1.55. The molecule has 1 N–H and O–H groups in total. The van der Waals surface area contributed by atoms with E-state index in [0.29, 0.717) is 10.8 Å². The summed E-state index contributed by atoms with van der Waals surface area (Å²) in [5, 5.41) is 2.85. The summed E-state index contributed by atoms with van der Waals surface area (Å²) in [6.45, 7) is 1.80. The number of amides is 1.